The third-order valence-corrected chi connectivity index (χ3v) is 3.46. The average molecular weight is 375 g/mol. The smallest absolute Gasteiger partial charge is 0.308 e. The third kappa shape index (κ3) is 6.04. The Balaban J connectivity index is 2.45. The highest BCUT2D eigenvalue weighted by Crippen LogP contribution is 2.09. The van der Waals surface area contributed by atoms with Crippen LogP contribution in [0.25, 0.3) is 0 Å². The molecule has 1 atom stereocenters. The fourth-order valence-electron chi connectivity index (χ4n) is 1.79. The molecule has 0 saturated heterocycles. The van der Waals surface area contributed by atoms with E-state index < -0.39 is 11.9 Å². The number of halogens is 1. The summed E-state index contributed by atoms with van der Waals surface area (Å²) in [5, 5.41) is 11.7. The first-order valence-electron chi connectivity index (χ1n) is 6.27. The van der Waals surface area contributed by atoms with E-state index in [-0.39, 0.29) is 18.9 Å². The minimum Gasteiger partial charge on any atom is -0.481 e. The average Bonchev–Trinajstić information content (AvgIpc) is 2.34. The Kier molecular flexibility index (Phi) is 6.83. The highest BCUT2D eigenvalue weighted by atomic mass is 127. The maximum atomic E-state index is 11.7. The summed E-state index contributed by atoms with van der Waals surface area (Å²) in [5.41, 5.74) is 0.937. The van der Waals surface area contributed by atoms with E-state index in [1.807, 2.05) is 31.2 Å². The third-order valence-electron chi connectivity index (χ3n) is 2.79. The summed E-state index contributed by atoms with van der Waals surface area (Å²) in [6.45, 7) is 2.13. The van der Waals surface area contributed by atoms with E-state index in [9.17, 15) is 9.59 Å². The summed E-state index contributed by atoms with van der Waals surface area (Å²) >= 11 is 2.19. The summed E-state index contributed by atoms with van der Waals surface area (Å²) in [5.74, 6) is -1.48. The number of amides is 1. The summed E-state index contributed by atoms with van der Waals surface area (Å²) in [6.07, 6.45) is 1.66. The second kappa shape index (κ2) is 8.14. The van der Waals surface area contributed by atoms with E-state index >= 15 is 0 Å². The number of carboxylic acid groups (broad SMARTS) is 1. The fraction of sp³-hybridized carbons (Fsp3) is 0.429. The van der Waals surface area contributed by atoms with Crippen molar-refractivity contribution in [3.05, 3.63) is 33.4 Å². The van der Waals surface area contributed by atoms with Crippen molar-refractivity contribution in [1.29, 1.82) is 0 Å². The molecule has 104 valence electrons. The van der Waals surface area contributed by atoms with Gasteiger partial charge >= 0.3 is 5.97 Å². The van der Waals surface area contributed by atoms with Gasteiger partial charge in [-0.15, -0.1) is 0 Å². The molecule has 0 fully saturated rings. The molecule has 1 aromatic rings. The quantitative estimate of drug-likeness (QED) is 0.720. The van der Waals surface area contributed by atoms with Crippen molar-refractivity contribution in [2.75, 3.05) is 6.54 Å². The topological polar surface area (TPSA) is 66.4 Å². The lowest BCUT2D eigenvalue weighted by molar-refractivity contribution is -0.141. The normalized spacial score (nSPS) is 11.9. The van der Waals surface area contributed by atoms with Crippen LogP contribution in [0.15, 0.2) is 24.3 Å². The number of nitrogens with one attached hydrogen (secondary N) is 1. The second-order valence-corrected chi connectivity index (χ2v) is 5.68. The van der Waals surface area contributed by atoms with E-state index in [2.05, 4.69) is 27.9 Å². The molecular weight excluding hydrogens is 357 g/mol. The maximum Gasteiger partial charge on any atom is 0.308 e. The van der Waals surface area contributed by atoms with Crippen molar-refractivity contribution in [3.63, 3.8) is 0 Å². The predicted molar refractivity (Wildman–Crippen MR) is 81.9 cm³/mol. The number of hydrogen-bond acceptors (Lipinski definition) is 2. The summed E-state index contributed by atoms with van der Waals surface area (Å²) in [7, 11) is 0. The molecule has 5 heteroatoms. The standard InChI is InChI=1S/C14H18INO3/c1-2-4-11(14(18)19)9-16-13(17)8-10-5-3-6-12(15)7-10/h3,5-7,11H,2,4,8-9H2,1H3,(H,16,17)(H,18,19). The Morgan fingerprint density at radius 2 is 2.16 bits per heavy atom. The van der Waals surface area contributed by atoms with E-state index in [1.165, 1.54) is 0 Å². The number of carbonyl (C=O) groups is 2. The Morgan fingerprint density at radius 1 is 1.42 bits per heavy atom. The van der Waals surface area contributed by atoms with Gasteiger partial charge in [-0.2, -0.15) is 0 Å². The van der Waals surface area contributed by atoms with Gasteiger partial charge in [-0.3, -0.25) is 9.59 Å². The molecule has 0 aliphatic heterocycles. The molecule has 0 radical (unpaired) electrons. The number of aliphatic carboxylic acids is 1. The number of benzene rings is 1. The van der Waals surface area contributed by atoms with E-state index in [0.717, 1.165) is 15.6 Å². The highest BCUT2D eigenvalue weighted by molar-refractivity contribution is 14.1. The minimum absolute atomic E-state index is 0.135. The number of rotatable bonds is 7. The number of hydrogen-bond donors (Lipinski definition) is 2. The molecule has 0 aromatic heterocycles. The first-order chi connectivity index (χ1) is 9.02. The minimum atomic E-state index is -0.851. The van der Waals surface area contributed by atoms with Crippen LogP contribution in [0.5, 0.6) is 0 Å². The predicted octanol–water partition coefficient (Wildman–Crippen LogP) is 2.45. The van der Waals surface area contributed by atoms with Gasteiger partial charge in [0.2, 0.25) is 5.91 Å². The van der Waals surface area contributed by atoms with Gasteiger partial charge < -0.3 is 10.4 Å². The van der Waals surface area contributed by atoms with Crippen molar-refractivity contribution in [1.82, 2.24) is 5.32 Å². The van der Waals surface area contributed by atoms with Crippen LogP contribution in [0.3, 0.4) is 0 Å². The molecule has 1 rings (SSSR count). The van der Waals surface area contributed by atoms with Gasteiger partial charge in [-0.05, 0) is 46.7 Å². The molecular formula is C14H18INO3. The molecule has 19 heavy (non-hydrogen) atoms. The van der Waals surface area contributed by atoms with Crippen LogP contribution in [0.1, 0.15) is 25.3 Å². The molecule has 1 amide bonds. The fourth-order valence-corrected chi connectivity index (χ4v) is 2.40. The summed E-state index contributed by atoms with van der Waals surface area (Å²) in [4.78, 5) is 22.7. The SMILES string of the molecule is CCCC(CNC(=O)Cc1cccc(I)c1)C(=O)O. The van der Waals surface area contributed by atoms with Crippen LogP contribution in [0, 0.1) is 9.49 Å². The van der Waals surface area contributed by atoms with Gasteiger partial charge in [0.25, 0.3) is 0 Å². The van der Waals surface area contributed by atoms with Crippen molar-refractivity contribution < 1.29 is 14.7 Å². The zero-order valence-corrected chi connectivity index (χ0v) is 13.0. The molecule has 0 aliphatic carbocycles. The van der Waals surface area contributed by atoms with Gasteiger partial charge in [-0.1, -0.05) is 25.5 Å². The highest BCUT2D eigenvalue weighted by Gasteiger charge is 2.17. The zero-order valence-electron chi connectivity index (χ0n) is 10.9. The van der Waals surface area contributed by atoms with Gasteiger partial charge in [0.15, 0.2) is 0 Å². The maximum absolute atomic E-state index is 11.7. The summed E-state index contributed by atoms with van der Waals surface area (Å²) < 4.78 is 1.08. The Bertz CT molecular complexity index is 448. The zero-order chi connectivity index (χ0) is 14.3. The van der Waals surface area contributed by atoms with Gasteiger partial charge in [-0.25, -0.2) is 0 Å². The van der Waals surface area contributed by atoms with Gasteiger partial charge in [0, 0.05) is 10.1 Å². The summed E-state index contributed by atoms with van der Waals surface area (Å²) in [6, 6.07) is 7.70. The molecule has 0 heterocycles. The largest absolute Gasteiger partial charge is 0.481 e. The van der Waals surface area contributed by atoms with E-state index in [1.54, 1.807) is 0 Å². The molecule has 4 nitrogen and oxygen atoms in total. The molecule has 0 spiro atoms. The lowest BCUT2D eigenvalue weighted by Crippen LogP contribution is -2.33. The van der Waals surface area contributed by atoms with Crippen LogP contribution in [0.2, 0.25) is 0 Å². The first-order valence-corrected chi connectivity index (χ1v) is 7.34. The lowest BCUT2D eigenvalue weighted by Gasteiger charge is -2.12. The molecule has 2 N–H and O–H groups in total. The van der Waals surface area contributed by atoms with Crippen LogP contribution >= 0.6 is 22.6 Å². The van der Waals surface area contributed by atoms with Crippen LogP contribution < -0.4 is 5.32 Å². The van der Waals surface area contributed by atoms with Gasteiger partial charge in [0.05, 0.1) is 12.3 Å². The Hall–Kier alpha value is -1.11. The molecule has 1 aromatic carbocycles. The molecule has 0 saturated carbocycles. The molecule has 1 unspecified atom stereocenters. The molecule has 0 aliphatic rings. The van der Waals surface area contributed by atoms with Crippen LogP contribution in [-0.4, -0.2) is 23.5 Å². The Labute approximate surface area is 126 Å². The lowest BCUT2D eigenvalue weighted by atomic mass is 10.0. The van der Waals surface area contributed by atoms with Crippen molar-refractivity contribution >= 4 is 34.5 Å². The van der Waals surface area contributed by atoms with E-state index in [4.69, 9.17) is 5.11 Å². The number of carboxylic acids is 1. The number of carbonyl (C=O) groups excluding carboxylic acids is 1. The van der Waals surface area contributed by atoms with Crippen LogP contribution in [0.4, 0.5) is 0 Å². The van der Waals surface area contributed by atoms with Crippen molar-refractivity contribution in [2.24, 2.45) is 5.92 Å². The first kappa shape index (κ1) is 15.9. The Morgan fingerprint density at radius 3 is 2.74 bits per heavy atom. The van der Waals surface area contributed by atoms with E-state index in [0.29, 0.717) is 6.42 Å². The monoisotopic (exact) mass is 375 g/mol. The molecule has 0 bridgehead atoms. The van der Waals surface area contributed by atoms with Gasteiger partial charge in [0.1, 0.15) is 0 Å². The van der Waals surface area contributed by atoms with Crippen LogP contribution in [-0.2, 0) is 16.0 Å². The van der Waals surface area contributed by atoms with Crippen molar-refractivity contribution in [3.8, 4) is 0 Å². The second-order valence-electron chi connectivity index (χ2n) is 4.43. The van der Waals surface area contributed by atoms with Crippen molar-refractivity contribution in [2.45, 2.75) is 26.2 Å².